The first-order valence-corrected chi connectivity index (χ1v) is 10.3. The third kappa shape index (κ3) is 4.75. The summed E-state index contributed by atoms with van der Waals surface area (Å²) in [6.45, 7) is 8.37. The molecule has 3 aliphatic heterocycles. The molecule has 0 aliphatic carbocycles. The van der Waals surface area contributed by atoms with Crippen LogP contribution in [-0.4, -0.2) is 100 Å². The van der Waals surface area contributed by atoms with E-state index in [1.54, 1.807) is 0 Å². The molecule has 0 spiro atoms. The molecule has 2 saturated heterocycles. The first-order chi connectivity index (χ1) is 13.7. The van der Waals surface area contributed by atoms with Crippen molar-refractivity contribution in [3.8, 4) is 11.5 Å². The summed E-state index contributed by atoms with van der Waals surface area (Å²) in [5.74, 6) is 1.31. The Balaban J connectivity index is 1.21. The van der Waals surface area contributed by atoms with Gasteiger partial charge in [0.1, 0.15) is 32.8 Å². The van der Waals surface area contributed by atoms with E-state index in [1.165, 1.54) is 9.80 Å². The molecule has 1 aromatic rings. The van der Waals surface area contributed by atoms with Crippen molar-refractivity contribution < 1.29 is 33.9 Å². The summed E-state index contributed by atoms with van der Waals surface area (Å²) in [6.07, 6.45) is -0.885. The monoisotopic (exact) mass is 393 g/mol. The number of piperazine rings is 1. The number of benzene rings is 1. The van der Waals surface area contributed by atoms with Crippen LogP contribution in [0.2, 0.25) is 0 Å². The number of fused-ring (bicyclic) bond motifs is 1. The molecular formula is C20H31N3O5+2. The first-order valence-electron chi connectivity index (χ1n) is 10.3. The molecule has 1 aromatic carbocycles. The number of nitrogens with zero attached hydrogens (tertiary/aromatic N) is 1. The number of aliphatic hydroxyl groups excluding tert-OH is 1. The van der Waals surface area contributed by atoms with E-state index in [2.05, 4.69) is 0 Å². The quantitative estimate of drug-likeness (QED) is 0.492. The number of nitrogens with one attached hydrogen (secondary N) is 2. The second kappa shape index (κ2) is 9.09. The molecule has 3 N–H and O–H groups in total. The standard InChI is InChI=1S/C20H29N3O5/c24-16(14-22-9-11-26-12-10-22)13-21-5-7-23(8-6-21)20(25)19-15-27-17-3-1-2-4-18(17)28-19/h1-4,16,19,24H,5-15H2/p+2/t16-,19+/m0/s1. The minimum atomic E-state index is -0.577. The van der Waals surface area contributed by atoms with Gasteiger partial charge in [-0.3, -0.25) is 4.79 Å². The highest BCUT2D eigenvalue weighted by Crippen LogP contribution is 2.31. The summed E-state index contributed by atoms with van der Waals surface area (Å²) in [6, 6.07) is 7.44. The molecule has 0 unspecified atom stereocenters. The molecule has 28 heavy (non-hydrogen) atoms. The van der Waals surface area contributed by atoms with Gasteiger partial charge in [-0.1, -0.05) is 12.1 Å². The highest BCUT2D eigenvalue weighted by Gasteiger charge is 2.34. The van der Waals surface area contributed by atoms with Gasteiger partial charge in [-0.25, -0.2) is 0 Å². The summed E-state index contributed by atoms with van der Waals surface area (Å²) in [7, 11) is 0. The van der Waals surface area contributed by atoms with Crippen molar-refractivity contribution >= 4 is 5.91 Å². The Morgan fingerprint density at radius 1 is 1.07 bits per heavy atom. The molecule has 0 saturated carbocycles. The molecule has 8 nitrogen and oxygen atoms in total. The maximum absolute atomic E-state index is 12.8. The molecule has 3 heterocycles. The zero-order chi connectivity index (χ0) is 19.3. The number of ether oxygens (including phenoxy) is 3. The van der Waals surface area contributed by atoms with Crippen LogP contribution in [0.4, 0.5) is 0 Å². The maximum Gasteiger partial charge on any atom is 0.267 e. The fourth-order valence-electron chi connectivity index (χ4n) is 4.20. The van der Waals surface area contributed by atoms with Crippen molar-refractivity contribution in [2.24, 2.45) is 0 Å². The van der Waals surface area contributed by atoms with Gasteiger partial charge >= 0.3 is 0 Å². The van der Waals surface area contributed by atoms with Crippen molar-refractivity contribution in [2.75, 3.05) is 72.2 Å². The lowest BCUT2D eigenvalue weighted by Gasteiger charge is -2.36. The number of hydrogen-bond acceptors (Lipinski definition) is 5. The van der Waals surface area contributed by atoms with Crippen LogP contribution in [0.5, 0.6) is 11.5 Å². The Kier molecular flexibility index (Phi) is 6.31. The Labute approximate surface area is 165 Å². The molecule has 8 heteroatoms. The van der Waals surface area contributed by atoms with E-state index in [0.717, 1.165) is 52.5 Å². The molecule has 4 rings (SSSR count). The summed E-state index contributed by atoms with van der Waals surface area (Å²) >= 11 is 0. The molecule has 2 fully saturated rings. The van der Waals surface area contributed by atoms with Crippen LogP contribution in [0.1, 0.15) is 0 Å². The average molecular weight is 393 g/mol. The lowest BCUT2D eigenvalue weighted by molar-refractivity contribution is -0.930. The van der Waals surface area contributed by atoms with Gasteiger partial charge in [0.2, 0.25) is 6.10 Å². The third-order valence-electron chi connectivity index (χ3n) is 5.81. The minimum absolute atomic E-state index is 0.00753. The Hall–Kier alpha value is -1.87. The van der Waals surface area contributed by atoms with E-state index in [1.807, 2.05) is 29.2 Å². The lowest BCUT2D eigenvalue weighted by atomic mass is 10.2. The van der Waals surface area contributed by atoms with Gasteiger partial charge in [0.25, 0.3) is 5.91 Å². The van der Waals surface area contributed by atoms with E-state index in [9.17, 15) is 9.90 Å². The van der Waals surface area contributed by atoms with Crippen molar-refractivity contribution in [1.29, 1.82) is 0 Å². The fourth-order valence-corrected chi connectivity index (χ4v) is 4.20. The average Bonchev–Trinajstić information content (AvgIpc) is 2.74. The predicted molar refractivity (Wildman–Crippen MR) is 101 cm³/mol. The van der Waals surface area contributed by atoms with Gasteiger partial charge in [-0.15, -0.1) is 0 Å². The summed E-state index contributed by atoms with van der Waals surface area (Å²) in [5, 5.41) is 10.4. The summed E-state index contributed by atoms with van der Waals surface area (Å²) in [5.41, 5.74) is 0. The number of para-hydroxylation sites is 2. The zero-order valence-corrected chi connectivity index (χ0v) is 16.3. The van der Waals surface area contributed by atoms with Crippen LogP contribution >= 0.6 is 0 Å². The second-order valence-electron chi connectivity index (χ2n) is 7.86. The minimum Gasteiger partial charge on any atom is -0.485 e. The molecule has 1 amide bonds. The summed E-state index contributed by atoms with van der Waals surface area (Å²) < 4.78 is 16.9. The zero-order valence-electron chi connectivity index (χ0n) is 16.3. The lowest BCUT2D eigenvalue weighted by Crippen LogP contribution is -3.19. The van der Waals surface area contributed by atoms with E-state index in [0.29, 0.717) is 24.6 Å². The first kappa shape index (κ1) is 19.4. The molecule has 0 radical (unpaired) electrons. The van der Waals surface area contributed by atoms with Crippen LogP contribution in [-0.2, 0) is 9.53 Å². The molecule has 154 valence electrons. The van der Waals surface area contributed by atoms with Crippen molar-refractivity contribution in [2.45, 2.75) is 12.2 Å². The predicted octanol–water partition coefficient (Wildman–Crippen LogP) is -3.17. The summed E-state index contributed by atoms with van der Waals surface area (Å²) in [4.78, 5) is 17.4. The molecular weight excluding hydrogens is 362 g/mol. The van der Waals surface area contributed by atoms with Crippen molar-refractivity contribution in [3.05, 3.63) is 24.3 Å². The molecule has 3 aliphatic rings. The molecule has 2 atom stereocenters. The van der Waals surface area contributed by atoms with Gasteiger partial charge in [-0.05, 0) is 12.1 Å². The number of hydrogen-bond donors (Lipinski definition) is 3. The van der Waals surface area contributed by atoms with Crippen LogP contribution in [0.15, 0.2) is 24.3 Å². The largest absolute Gasteiger partial charge is 0.485 e. The SMILES string of the molecule is O=C([C@H]1COc2ccccc2O1)N1CC[NH+](C[C@H](O)C[NH+]2CCOCC2)CC1. The number of morpholine rings is 1. The maximum atomic E-state index is 12.8. The van der Waals surface area contributed by atoms with E-state index >= 15 is 0 Å². The molecule has 0 aromatic heterocycles. The van der Waals surface area contributed by atoms with Gasteiger partial charge in [0.15, 0.2) is 17.6 Å². The van der Waals surface area contributed by atoms with Crippen molar-refractivity contribution in [3.63, 3.8) is 0 Å². The number of quaternary nitrogens is 2. The number of aliphatic hydroxyl groups is 1. The number of amides is 1. The third-order valence-corrected chi connectivity index (χ3v) is 5.81. The highest BCUT2D eigenvalue weighted by molar-refractivity contribution is 5.82. The highest BCUT2D eigenvalue weighted by atomic mass is 16.6. The van der Waals surface area contributed by atoms with Crippen LogP contribution < -0.4 is 19.3 Å². The van der Waals surface area contributed by atoms with E-state index in [-0.39, 0.29) is 18.6 Å². The number of rotatable bonds is 5. The van der Waals surface area contributed by atoms with Crippen molar-refractivity contribution in [1.82, 2.24) is 4.90 Å². The Morgan fingerprint density at radius 2 is 1.71 bits per heavy atom. The normalized spacial score (nSPS) is 24.8. The molecule has 0 bridgehead atoms. The smallest absolute Gasteiger partial charge is 0.267 e. The fraction of sp³-hybridized carbons (Fsp3) is 0.650. The van der Waals surface area contributed by atoms with Gasteiger partial charge in [0.05, 0.1) is 39.4 Å². The van der Waals surface area contributed by atoms with Gasteiger partial charge in [0, 0.05) is 0 Å². The number of carbonyl (C=O) groups excluding carboxylic acids is 1. The van der Waals surface area contributed by atoms with Gasteiger partial charge in [-0.2, -0.15) is 0 Å². The number of carbonyl (C=O) groups is 1. The van der Waals surface area contributed by atoms with Crippen LogP contribution in [0.3, 0.4) is 0 Å². The Bertz CT molecular complexity index is 659. The topological polar surface area (TPSA) is 77.1 Å². The second-order valence-corrected chi connectivity index (χ2v) is 7.86. The van der Waals surface area contributed by atoms with E-state index in [4.69, 9.17) is 14.2 Å². The van der Waals surface area contributed by atoms with E-state index < -0.39 is 6.10 Å². The van der Waals surface area contributed by atoms with Crippen LogP contribution in [0, 0.1) is 0 Å². The van der Waals surface area contributed by atoms with Gasteiger partial charge < -0.3 is 34.0 Å². The van der Waals surface area contributed by atoms with Crippen LogP contribution in [0.25, 0.3) is 0 Å². The Morgan fingerprint density at radius 3 is 2.43 bits per heavy atom.